The molecule has 4 aliphatic rings. The second-order valence-electron chi connectivity index (χ2n) is 16.2. The normalized spacial score (nSPS) is 40.1. The molecule has 11 atom stereocenters. The number of carbonyl (C=O) groups excluding carboxylic acids is 1. The average Bonchev–Trinajstić information content (AvgIpc) is 3.29. The van der Waals surface area contributed by atoms with Gasteiger partial charge in [0.25, 0.3) is 10.0 Å². The fraction of sp³-hybridized carbons (Fsp3) is 0.800. The Balaban J connectivity index is 1.24. The Kier molecular flexibility index (Phi) is 8.85. The fourth-order valence-corrected chi connectivity index (χ4v) is 11.6. The summed E-state index contributed by atoms with van der Waals surface area (Å²) in [5.74, 6) is 2.40. The van der Waals surface area contributed by atoms with Crippen molar-refractivity contribution < 1.29 is 23.4 Å². The highest BCUT2D eigenvalue weighted by atomic mass is 32.2. The van der Waals surface area contributed by atoms with E-state index in [-0.39, 0.29) is 51.1 Å². The maximum atomic E-state index is 12.9. The SMILES string of the molecule is CC[C@H]1[C@@H](O)C2C3CC[C@H]([C@H](C)CNC(=O)NS(=O)(=O)c4ccc(C(C)(C)C)cc4)[C@@]3(C)CCC2[C@@]2(C)CC[C@@H](O)C[C@@H]12. The molecule has 4 saturated carbocycles. The van der Waals surface area contributed by atoms with Gasteiger partial charge in [-0.25, -0.2) is 17.9 Å². The predicted octanol–water partition coefficient (Wildman–Crippen LogP) is 6.23. The molecule has 4 aliphatic carbocycles. The van der Waals surface area contributed by atoms with E-state index in [1.807, 2.05) is 0 Å². The minimum atomic E-state index is -3.97. The Hall–Kier alpha value is -1.64. The van der Waals surface area contributed by atoms with E-state index in [4.69, 9.17) is 0 Å². The van der Waals surface area contributed by atoms with Crippen LogP contribution in [0.15, 0.2) is 29.2 Å². The molecule has 0 aromatic heterocycles. The van der Waals surface area contributed by atoms with Crippen LogP contribution in [0.1, 0.15) is 105 Å². The van der Waals surface area contributed by atoms with Gasteiger partial charge in [0.05, 0.1) is 17.1 Å². The number of amides is 2. The van der Waals surface area contributed by atoms with Crippen LogP contribution in [0, 0.1) is 52.3 Å². The summed E-state index contributed by atoms with van der Waals surface area (Å²) < 4.78 is 28.0. The van der Waals surface area contributed by atoms with Gasteiger partial charge >= 0.3 is 6.03 Å². The van der Waals surface area contributed by atoms with Crippen LogP contribution in [-0.2, 0) is 15.4 Å². The predicted molar refractivity (Wildman–Crippen MR) is 170 cm³/mol. The van der Waals surface area contributed by atoms with Gasteiger partial charge in [-0.3, -0.25) is 0 Å². The first-order valence-electron chi connectivity index (χ1n) is 16.8. The number of nitrogens with one attached hydrogen (secondary N) is 2. The van der Waals surface area contributed by atoms with Crippen LogP contribution in [0.4, 0.5) is 4.79 Å². The molecule has 4 N–H and O–H groups in total. The van der Waals surface area contributed by atoms with E-state index in [0.29, 0.717) is 30.2 Å². The fourth-order valence-electron chi connectivity index (χ4n) is 10.7. The second kappa shape index (κ2) is 11.6. The maximum absolute atomic E-state index is 12.9. The van der Waals surface area contributed by atoms with E-state index < -0.39 is 16.1 Å². The summed E-state index contributed by atoms with van der Waals surface area (Å²) >= 11 is 0. The average molecular weight is 617 g/mol. The van der Waals surface area contributed by atoms with Crippen molar-refractivity contribution in [3.05, 3.63) is 29.8 Å². The van der Waals surface area contributed by atoms with Crippen molar-refractivity contribution in [2.45, 2.75) is 122 Å². The Morgan fingerprint density at radius 2 is 1.60 bits per heavy atom. The topological polar surface area (TPSA) is 116 Å². The monoisotopic (exact) mass is 616 g/mol. The van der Waals surface area contributed by atoms with Crippen LogP contribution < -0.4 is 10.0 Å². The van der Waals surface area contributed by atoms with Crippen LogP contribution in [0.5, 0.6) is 0 Å². The summed E-state index contributed by atoms with van der Waals surface area (Å²) in [5, 5.41) is 25.3. The van der Waals surface area contributed by atoms with Gasteiger partial charge in [0.15, 0.2) is 0 Å². The summed E-state index contributed by atoms with van der Waals surface area (Å²) in [7, 11) is -3.97. The van der Waals surface area contributed by atoms with Crippen molar-refractivity contribution in [1.29, 1.82) is 0 Å². The molecule has 0 aliphatic heterocycles. The number of rotatable bonds is 6. The third kappa shape index (κ3) is 5.78. The zero-order valence-electron chi connectivity index (χ0n) is 27.4. The number of sulfonamides is 1. The molecular weight excluding hydrogens is 560 g/mol. The molecule has 0 radical (unpaired) electrons. The molecule has 7 nitrogen and oxygen atoms in total. The van der Waals surface area contributed by atoms with Crippen molar-refractivity contribution in [2.24, 2.45) is 52.3 Å². The van der Waals surface area contributed by atoms with Crippen LogP contribution >= 0.6 is 0 Å². The number of carbonyl (C=O) groups is 1. The Morgan fingerprint density at radius 1 is 0.977 bits per heavy atom. The number of benzene rings is 1. The quantitative estimate of drug-likeness (QED) is 0.302. The van der Waals surface area contributed by atoms with E-state index in [1.54, 1.807) is 24.3 Å². The van der Waals surface area contributed by atoms with Gasteiger partial charge in [0.2, 0.25) is 0 Å². The van der Waals surface area contributed by atoms with Crippen LogP contribution in [0.3, 0.4) is 0 Å². The van der Waals surface area contributed by atoms with Gasteiger partial charge in [0, 0.05) is 6.54 Å². The van der Waals surface area contributed by atoms with Gasteiger partial charge < -0.3 is 15.5 Å². The zero-order valence-corrected chi connectivity index (χ0v) is 28.2. The lowest BCUT2D eigenvalue weighted by molar-refractivity contribution is -0.203. The number of aliphatic hydroxyl groups excluding tert-OH is 2. The van der Waals surface area contributed by atoms with Crippen molar-refractivity contribution in [1.82, 2.24) is 10.0 Å². The van der Waals surface area contributed by atoms with E-state index in [2.05, 4.69) is 58.5 Å². The number of hydrogen-bond acceptors (Lipinski definition) is 5. The molecule has 5 rings (SSSR count). The zero-order chi connectivity index (χ0) is 31.5. The second-order valence-corrected chi connectivity index (χ2v) is 17.9. The van der Waals surface area contributed by atoms with E-state index in [9.17, 15) is 23.4 Å². The van der Waals surface area contributed by atoms with E-state index >= 15 is 0 Å². The summed E-state index contributed by atoms with van der Waals surface area (Å²) in [6.45, 7) is 15.9. The smallest absolute Gasteiger partial charge is 0.328 e. The van der Waals surface area contributed by atoms with Crippen LogP contribution in [0.25, 0.3) is 0 Å². The summed E-state index contributed by atoms with van der Waals surface area (Å²) in [6, 6.07) is 6.00. The van der Waals surface area contributed by atoms with Crippen LogP contribution in [-0.4, -0.2) is 43.4 Å². The van der Waals surface area contributed by atoms with Gasteiger partial charge in [0.1, 0.15) is 0 Å². The van der Waals surface area contributed by atoms with Crippen molar-refractivity contribution in [2.75, 3.05) is 6.54 Å². The first kappa shape index (κ1) is 32.7. The molecule has 4 fully saturated rings. The molecule has 0 bridgehead atoms. The van der Waals surface area contributed by atoms with Crippen LogP contribution in [0.2, 0.25) is 0 Å². The minimum Gasteiger partial charge on any atom is -0.393 e. The molecular formula is C35H56N2O5S. The van der Waals surface area contributed by atoms with E-state index in [1.165, 1.54) is 0 Å². The minimum absolute atomic E-state index is 0.0754. The van der Waals surface area contributed by atoms with Crippen molar-refractivity contribution in [3.8, 4) is 0 Å². The summed E-state index contributed by atoms with van der Waals surface area (Å²) in [6.07, 6.45) is 7.51. The Bertz CT molecular complexity index is 1280. The van der Waals surface area contributed by atoms with Gasteiger partial charge in [-0.15, -0.1) is 0 Å². The number of urea groups is 1. The lowest BCUT2D eigenvalue weighted by Gasteiger charge is -2.64. The Morgan fingerprint density at radius 3 is 2.23 bits per heavy atom. The molecule has 43 heavy (non-hydrogen) atoms. The highest BCUT2D eigenvalue weighted by molar-refractivity contribution is 7.90. The first-order chi connectivity index (χ1) is 20.0. The molecule has 1 aromatic carbocycles. The molecule has 0 heterocycles. The maximum Gasteiger partial charge on any atom is 0.328 e. The third-order valence-electron chi connectivity index (χ3n) is 13.0. The number of hydrogen-bond donors (Lipinski definition) is 4. The molecule has 0 spiro atoms. The lowest BCUT2D eigenvalue weighted by atomic mass is 9.41. The molecule has 242 valence electrons. The number of fused-ring (bicyclic) bond motifs is 5. The van der Waals surface area contributed by atoms with Gasteiger partial charge in [-0.1, -0.05) is 67.0 Å². The summed E-state index contributed by atoms with van der Waals surface area (Å²) in [4.78, 5) is 12.9. The van der Waals surface area contributed by atoms with Gasteiger partial charge in [-0.2, -0.15) is 0 Å². The highest BCUT2D eigenvalue weighted by Crippen LogP contribution is 2.69. The molecule has 0 saturated heterocycles. The number of aliphatic hydroxyl groups is 2. The van der Waals surface area contributed by atoms with Crippen molar-refractivity contribution >= 4 is 16.1 Å². The Labute approximate surface area is 260 Å². The highest BCUT2D eigenvalue weighted by Gasteiger charge is 2.64. The third-order valence-corrected chi connectivity index (χ3v) is 14.3. The molecule has 8 heteroatoms. The standard InChI is InChI=1S/C35H56N2O5S/c1-8-25-29-19-23(38)15-17-35(29,7)28-16-18-34(6)26(13-14-27(34)30(28)31(25)39)21(2)20-36-32(40)37-43(41,42)24-11-9-22(10-12-24)33(3,4)5/h9-12,21,23,25-31,38-39H,8,13-20H2,1-7H3,(H2,36,37,40)/t21-,23-,25-,26-,27?,28?,29+,30?,31-,34-,35-/m1/s1. The largest absolute Gasteiger partial charge is 0.393 e. The lowest BCUT2D eigenvalue weighted by Crippen LogP contribution is -2.62. The summed E-state index contributed by atoms with van der Waals surface area (Å²) in [5.41, 5.74) is 1.19. The van der Waals surface area contributed by atoms with E-state index in [0.717, 1.165) is 56.9 Å². The molecule has 3 unspecified atom stereocenters. The van der Waals surface area contributed by atoms with Gasteiger partial charge in [-0.05, 0) is 120 Å². The first-order valence-corrected chi connectivity index (χ1v) is 18.3. The molecule has 1 aromatic rings. The van der Waals surface area contributed by atoms with Crippen molar-refractivity contribution in [3.63, 3.8) is 0 Å². The molecule has 2 amide bonds.